The normalized spacial score (nSPS) is 13.1. The average molecular weight is 1260 g/mol. The summed E-state index contributed by atoms with van der Waals surface area (Å²) < 4.78 is 34.4. The van der Waals surface area contributed by atoms with E-state index >= 15 is 0 Å². The van der Waals surface area contributed by atoms with Gasteiger partial charge < -0.3 is 27.9 Å². The third-order valence-corrected chi connectivity index (χ3v) is 18.9. The van der Waals surface area contributed by atoms with Crippen molar-refractivity contribution in [2.45, 2.75) is 418 Å². The van der Waals surface area contributed by atoms with Crippen LogP contribution in [0.3, 0.4) is 0 Å². The van der Waals surface area contributed by atoms with Crippen LogP contribution in [0.25, 0.3) is 0 Å². The molecule has 522 valence electrons. The molecule has 0 aliphatic rings. The van der Waals surface area contributed by atoms with Gasteiger partial charge in [0.25, 0.3) is 7.82 Å². The fourth-order valence-electron chi connectivity index (χ4n) is 12.0. The minimum absolute atomic E-state index is 0.0283. The van der Waals surface area contributed by atoms with Crippen LogP contribution in [0.1, 0.15) is 412 Å². The molecule has 0 saturated carbocycles. The Morgan fingerprint density at radius 1 is 0.352 bits per heavy atom. The Balaban J connectivity index is 3.85. The van der Waals surface area contributed by atoms with Crippen LogP contribution in [0, 0.1) is 0 Å². The van der Waals surface area contributed by atoms with Crippen LogP contribution in [-0.2, 0) is 32.7 Å². The number of carbonyl (C=O) groups excluding carboxylic acids is 2. The van der Waals surface area contributed by atoms with Gasteiger partial charge in [-0.05, 0) is 44.9 Å². The van der Waals surface area contributed by atoms with E-state index in [0.717, 1.165) is 44.9 Å². The lowest BCUT2D eigenvalue weighted by molar-refractivity contribution is -0.870. The van der Waals surface area contributed by atoms with Crippen molar-refractivity contribution in [1.29, 1.82) is 0 Å². The van der Waals surface area contributed by atoms with E-state index in [1.807, 2.05) is 21.1 Å². The van der Waals surface area contributed by atoms with Gasteiger partial charge in [-0.1, -0.05) is 378 Å². The maximum absolute atomic E-state index is 12.9. The highest BCUT2D eigenvalue weighted by Crippen LogP contribution is 2.38. The van der Waals surface area contributed by atoms with Crippen molar-refractivity contribution in [3.63, 3.8) is 0 Å². The van der Waals surface area contributed by atoms with Gasteiger partial charge in [-0.3, -0.25) is 14.2 Å². The molecule has 0 aliphatic carbocycles. The van der Waals surface area contributed by atoms with Crippen molar-refractivity contribution in [3.8, 4) is 0 Å². The number of esters is 2. The van der Waals surface area contributed by atoms with Crippen molar-refractivity contribution in [2.75, 3.05) is 47.5 Å². The van der Waals surface area contributed by atoms with Crippen molar-refractivity contribution >= 4 is 19.8 Å². The molecule has 0 bridgehead atoms. The van der Waals surface area contributed by atoms with Crippen molar-refractivity contribution in [3.05, 3.63) is 24.3 Å². The van der Waals surface area contributed by atoms with Gasteiger partial charge in [0.1, 0.15) is 19.8 Å². The van der Waals surface area contributed by atoms with Crippen LogP contribution in [0.4, 0.5) is 0 Å². The Morgan fingerprint density at radius 3 is 0.898 bits per heavy atom. The Bertz CT molecular complexity index is 1530. The lowest BCUT2D eigenvalue weighted by Gasteiger charge is -2.28. The van der Waals surface area contributed by atoms with Gasteiger partial charge in [0.15, 0.2) is 6.10 Å². The molecule has 0 aromatic rings. The van der Waals surface area contributed by atoms with E-state index in [1.165, 1.54) is 334 Å². The zero-order valence-electron chi connectivity index (χ0n) is 59.7. The zero-order valence-corrected chi connectivity index (χ0v) is 60.6. The Hall–Kier alpha value is -1.51. The Kier molecular flexibility index (Phi) is 68.6. The number of phosphoric ester groups is 1. The summed E-state index contributed by atoms with van der Waals surface area (Å²) >= 11 is 0. The molecule has 0 spiro atoms. The predicted molar refractivity (Wildman–Crippen MR) is 379 cm³/mol. The van der Waals surface area contributed by atoms with Crippen molar-refractivity contribution < 1.29 is 42.1 Å². The van der Waals surface area contributed by atoms with E-state index in [-0.39, 0.29) is 32.0 Å². The van der Waals surface area contributed by atoms with E-state index in [2.05, 4.69) is 38.2 Å². The first-order valence-electron chi connectivity index (χ1n) is 39.0. The summed E-state index contributed by atoms with van der Waals surface area (Å²) in [5.74, 6) is -0.813. The molecule has 0 rings (SSSR count). The summed E-state index contributed by atoms with van der Waals surface area (Å²) in [4.78, 5) is 38.1. The van der Waals surface area contributed by atoms with Crippen LogP contribution in [0.2, 0.25) is 0 Å². The number of ether oxygens (including phenoxy) is 2. The highest BCUT2D eigenvalue weighted by molar-refractivity contribution is 7.45. The molecule has 0 heterocycles. The lowest BCUT2D eigenvalue weighted by Crippen LogP contribution is -2.37. The molecule has 9 nitrogen and oxygen atoms in total. The van der Waals surface area contributed by atoms with E-state index in [4.69, 9.17) is 18.5 Å². The third kappa shape index (κ3) is 73.5. The summed E-state index contributed by atoms with van der Waals surface area (Å²) in [6.07, 6.45) is 88.8. The number of unbranched alkanes of at least 4 members (excludes halogenated alkanes) is 56. The molecule has 0 aromatic heterocycles. The van der Waals surface area contributed by atoms with Gasteiger partial charge in [-0.15, -0.1) is 0 Å². The first kappa shape index (κ1) is 86.5. The molecule has 0 aromatic carbocycles. The number of nitrogens with zero attached hydrogens (tertiary/aromatic N) is 1. The topological polar surface area (TPSA) is 111 Å². The predicted octanol–water partition coefficient (Wildman–Crippen LogP) is 25.0. The average Bonchev–Trinajstić information content (AvgIpc) is 3.68. The van der Waals surface area contributed by atoms with Crippen molar-refractivity contribution in [2.24, 2.45) is 0 Å². The molecule has 0 amide bonds. The Labute approximate surface area is 549 Å². The number of hydrogen-bond acceptors (Lipinski definition) is 8. The summed E-state index contributed by atoms with van der Waals surface area (Å²) in [6, 6.07) is 0. The molecule has 0 aliphatic heterocycles. The highest BCUT2D eigenvalue weighted by Gasteiger charge is 2.22. The summed E-state index contributed by atoms with van der Waals surface area (Å²) in [5.41, 5.74) is 0. The van der Waals surface area contributed by atoms with Gasteiger partial charge in [0.2, 0.25) is 0 Å². The number of carbonyl (C=O) groups is 2. The number of quaternary nitrogens is 1. The smallest absolute Gasteiger partial charge is 0.306 e. The fraction of sp³-hybridized carbons (Fsp3) is 0.923. The minimum atomic E-state index is -4.64. The monoisotopic (exact) mass is 1260 g/mol. The van der Waals surface area contributed by atoms with E-state index in [1.54, 1.807) is 0 Å². The number of phosphoric acid groups is 1. The van der Waals surface area contributed by atoms with Crippen LogP contribution in [-0.4, -0.2) is 70.0 Å². The summed E-state index contributed by atoms with van der Waals surface area (Å²) in [5, 5.41) is 0. The van der Waals surface area contributed by atoms with Gasteiger partial charge in [-0.2, -0.15) is 0 Å². The fourth-order valence-corrected chi connectivity index (χ4v) is 12.7. The minimum Gasteiger partial charge on any atom is -0.756 e. The molecule has 0 saturated heterocycles. The number of likely N-dealkylation sites (N-methyl/N-ethyl adjacent to an activating group) is 1. The number of rotatable bonds is 74. The Morgan fingerprint density at radius 2 is 0.614 bits per heavy atom. The van der Waals surface area contributed by atoms with Crippen molar-refractivity contribution in [1.82, 2.24) is 0 Å². The van der Waals surface area contributed by atoms with E-state index in [9.17, 15) is 19.0 Å². The quantitative estimate of drug-likeness (QED) is 0.0195. The molecule has 88 heavy (non-hydrogen) atoms. The molecule has 0 radical (unpaired) electrons. The third-order valence-electron chi connectivity index (χ3n) is 18.0. The molecule has 2 unspecified atom stereocenters. The molecule has 0 fully saturated rings. The van der Waals surface area contributed by atoms with Crippen LogP contribution < -0.4 is 4.89 Å². The molecule has 2 atom stereocenters. The van der Waals surface area contributed by atoms with Crippen LogP contribution in [0.15, 0.2) is 24.3 Å². The molecular weight excluding hydrogens is 1110 g/mol. The van der Waals surface area contributed by atoms with Gasteiger partial charge in [-0.25, -0.2) is 0 Å². The second-order valence-corrected chi connectivity index (χ2v) is 29.5. The zero-order chi connectivity index (χ0) is 64.1. The van der Waals surface area contributed by atoms with Crippen LogP contribution in [0.5, 0.6) is 0 Å². The highest BCUT2D eigenvalue weighted by atomic mass is 31.2. The maximum Gasteiger partial charge on any atom is 0.306 e. The second-order valence-electron chi connectivity index (χ2n) is 28.1. The standard InChI is InChI=1S/C78H152NO8P/c1-6-8-10-12-14-16-18-20-22-24-26-28-30-31-32-33-34-35-36-37-38-39-40-41-42-43-44-45-46-47-49-50-52-54-56-58-60-62-64-66-68-70-77(80)84-74-76(75-86-88(82,83)85-73-72-79(3,4)5)87-78(81)71-69-67-65-63-61-59-57-55-53-51-48-29-27-25-23-21-19-17-15-13-11-9-7-2/h19,21,25,27,76H,6-18,20,22-24,26,28-75H2,1-5H3/b21-19-,27-25-. The molecular formula is C78H152NO8P. The first-order valence-corrected chi connectivity index (χ1v) is 40.5. The molecule has 10 heteroatoms. The summed E-state index contributed by atoms with van der Waals surface area (Å²) in [6.45, 7) is 4.31. The SMILES string of the molecule is CCCCCCC/C=C\C/C=C\CCCCCCCCCCCCCC(=O)OC(COC(=O)CCCCCCCCCCCCCCCCCCCCCCCCCCCCCCCCCCCCCCCCCCC)COP(=O)([O-])OCC[N+](C)(C)C. The first-order chi connectivity index (χ1) is 43.0. The van der Waals surface area contributed by atoms with E-state index < -0.39 is 26.5 Å². The van der Waals surface area contributed by atoms with Gasteiger partial charge >= 0.3 is 11.9 Å². The summed E-state index contributed by atoms with van der Waals surface area (Å²) in [7, 11) is 1.19. The second kappa shape index (κ2) is 69.8. The lowest BCUT2D eigenvalue weighted by atomic mass is 10.0. The maximum atomic E-state index is 12.9. The van der Waals surface area contributed by atoms with Gasteiger partial charge in [0, 0.05) is 12.8 Å². The van der Waals surface area contributed by atoms with Gasteiger partial charge in [0.05, 0.1) is 27.7 Å². The number of allylic oxidation sites excluding steroid dienone is 4. The molecule has 0 N–H and O–H groups in total. The van der Waals surface area contributed by atoms with E-state index in [0.29, 0.717) is 17.4 Å². The van der Waals surface area contributed by atoms with Crippen LogP contribution >= 0.6 is 7.82 Å². The number of hydrogen-bond donors (Lipinski definition) is 0. The largest absolute Gasteiger partial charge is 0.756 e.